The van der Waals surface area contributed by atoms with Crippen molar-refractivity contribution in [3.05, 3.63) is 47.4 Å². The van der Waals surface area contributed by atoms with Gasteiger partial charge in [-0.25, -0.2) is 9.97 Å². The highest BCUT2D eigenvalue weighted by molar-refractivity contribution is 6.29. The Morgan fingerprint density at radius 1 is 1.24 bits per heavy atom. The fourth-order valence-corrected chi connectivity index (χ4v) is 3.00. The van der Waals surface area contributed by atoms with Gasteiger partial charge in [0.25, 0.3) is 11.9 Å². The second kappa shape index (κ2) is 6.68. The van der Waals surface area contributed by atoms with Gasteiger partial charge in [0.15, 0.2) is 5.58 Å². The molecule has 0 radical (unpaired) electrons. The molecule has 4 rings (SSSR count). The van der Waals surface area contributed by atoms with E-state index in [0.717, 1.165) is 25.9 Å². The van der Waals surface area contributed by atoms with Crippen LogP contribution in [0, 0.1) is 0 Å². The Morgan fingerprint density at radius 2 is 2.08 bits per heavy atom. The van der Waals surface area contributed by atoms with Crippen LogP contribution in [0.4, 0.5) is 6.01 Å². The van der Waals surface area contributed by atoms with Crippen molar-refractivity contribution in [3.63, 3.8) is 0 Å². The predicted octanol–water partition coefficient (Wildman–Crippen LogP) is 2.67. The van der Waals surface area contributed by atoms with Gasteiger partial charge in [-0.1, -0.05) is 11.6 Å². The van der Waals surface area contributed by atoms with Gasteiger partial charge in [0, 0.05) is 31.5 Å². The van der Waals surface area contributed by atoms with Gasteiger partial charge in [-0.15, -0.1) is 0 Å². The predicted molar refractivity (Wildman–Crippen MR) is 93.8 cm³/mol. The summed E-state index contributed by atoms with van der Waals surface area (Å²) in [6, 6.07) is 7.66. The molecule has 0 aliphatic carbocycles. The number of hydrogen-bond donors (Lipinski definition) is 1. The van der Waals surface area contributed by atoms with Crippen LogP contribution in [-0.2, 0) is 0 Å². The number of carbonyl (C=O) groups is 1. The monoisotopic (exact) mass is 357 g/mol. The SMILES string of the molecule is O=C(NC1CCN(c2nc3ncccc3o2)CC1)c1ccc(Cl)nc1. The Morgan fingerprint density at radius 3 is 2.80 bits per heavy atom. The fraction of sp³-hybridized carbons (Fsp3) is 0.294. The number of hydrogen-bond acceptors (Lipinski definition) is 6. The summed E-state index contributed by atoms with van der Waals surface area (Å²) >= 11 is 5.74. The second-order valence-electron chi connectivity index (χ2n) is 5.93. The van der Waals surface area contributed by atoms with Crippen molar-refractivity contribution in [2.45, 2.75) is 18.9 Å². The highest BCUT2D eigenvalue weighted by atomic mass is 35.5. The number of halogens is 1. The first kappa shape index (κ1) is 15.8. The largest absolute Gasteiger partial charge is 0.422 e. The summed E-state index contributed by atoms with van der Waals surface area (Å²) < 4.78 is 5.75. The first-order valence-electron chi connectivity index (χ1n) is 8.08. The summed E-state index contributed by atoms with van der Waals surface area (Å²) in [5.74, 6) is -0.131. The molecule has 0 spiro atoms. The normalized spacial score (nSPS) is 15.5. The molecule has 1 fully saturated rings. The quantitative estimate of drug-likeness (QED) is 0.725. The van der Waals surface area contributed by atoms with E-state index < -0.39 is 0 Å². The van der Waals surface area contributed by atoms with Crippen molar-refractivity contribution >= 4 is 34.8 Å². The third-order valence-electron chi connectivity index (χ3n) is 4.24. The molecule has 3 aromatic rings. The number of piperidine rings is 1. The molecule has 0 bridgehead atoms. The van der Waals surface area contributed by atoms with Crippen molar-refractivity contribution in [1.29, 1.82) is 0 Å². The molecular weight excluding hydrogens is 342 g/mol. The number of amides is 1. The van der Waals surface area contributed by atoms with Gasteiger partial charge in [-0.2, -0.15) is 4.98 Å². The van der Waals surface area contributed by atoms with Crippen LogP contribution in [0.15, 0.2) is 41.1 Å². The molecule has 128 valence electrons. The van der Waals surface area contributed by atoms with E-state index >= 15 is 0 Å². The number of carbonyl (C=O) groups excluding carboxylic acids is 1. The minimum Gasteiger partial charge on any atom is -0.422 e. The van der Waals surface area contributed by atoms with E-state index in [1.807, 2.05) is 12.1 Å². The summed E-state index contributed by atoms with van der Waals surface area (Å²) in [5.41, 5.74) is 1.81. The van der Waals surface area contributed by atoms with Gasteiger partial charge in [0.05, 0.1) is 5.56 Å². The maximum absolute atomic E-state index is 12.2. The zero-order chi connectivity index (χ0) is 17.2. The Kier molecular flexibility index (Phi) is 4.23. The molecule has 4 heterocycles. The number of oxazole rings is 1. The molecule has 8 heteroatoms. The van der Waals surface area contributed by atoms with Crippen LogP contribution in [0.1, 0.15) is 23.2 Å². The molecule has 0 saturated carbocycles. The Labute approximate surface area is 149 Å². The van der Waals surface area contributed by atoms with Crippen molar-refractivity contribution in [2.75, 3.05) is 18.0 Å². The van der Waals surface area contributed by atoms with Gasteiger partial charge in [-0.3, -0.25) is 4.79 Å². The molecule has 0 unspecified atom stereocenters. The molecule has 1 amide bonds. The van der Waals surface area contributed by atoms with Crippen LogP contribution in [-0.4, -0.2) is 40.0 Å². The van der Waals surface area contributed by atoms with E-state index in [0.29, 0.717) is 28.0 Å². The maximum atomic E-state index is 12.2. The number of nitrogens with zero attached hydrogens (tertiary/aromatic N) is 4. The van der Waals surface area contributed by atoms with Gasteiger partial charge >= 0.3 is 0 Å². The minimum atomic E-state index is -0.131. The molecule has 7 nitrogen and oxygen atoms in total. The highest BCUT2D eigenvalue weighted by Gasteiger charge is 2.24. The fourth-order valence-electron chi connectivity index (χ4n) is 2.89. The van der Waals surface area contributed by atoms with E-state index in [4.69, 9.17) is 16.0 Å². The molecule has 25 heavy (non-hydrogen) atoms. The number of nitrogens with one attached hydrogen (secondary N) is 1. The van der Waals surface area contributed by atoms with Crippen molar-refractivity contribution in [1.82, 2.24) is 20.3 Å². The topological polar surface area (TPSA) is 84.2 Å². The molecule has 1 saturated heterocycles. The van der Waals surface area contributed by atoms with Gasteiger partial charge < -0.3 is 14.6 Å². The van der Waals surface area contributed by atoms with E-state index in [-0.39, 0.29) is 11.9 Å². The molecule has 1 aliphatic rings. The Balaban J connectivity index is 1.36. The molecule has 1 aliphatic heterocycles. The Hall–Kier alpha value is -2.67. The van der Waals surface area contributed by atoms with Crippen LogP contribution in [0.25, 0.3) is 11.2 Å². The Bertz CT molecular complexity index is 854. The standard InChI is InChI=1S/C17H16ClN5O2/c18-14-4-3-11(10-20-14)16(24)21-12-5-8-23(9-6-12)17-22-15-13(25-17)2-1-7-19-15/h1-4,7,10,12H,5-6,8-9H2,(H,21,24). The van der Waals surface area contributed by atoms with Crippen LogP contribution in [0.5, 0.6) is 0 Å². The summed E-state index contributed by atoms with van der Waals surface area (Å²) in [4.78, 5) is 26.9. The number of fused-ring (bicyclic) bond motifs is 1. The molecule has 1 N–H and O–H groups in total. The van der Waals surface area contributed by atoms with Crippen LogP contribution in [0.3, 0.4) is 0 Å². The lowest BCUT2D eigenvalue weighted by molar-refractivity contribution is 0.0930. The third kappa shape index (κ3) is 3.41. The molecule has 0 atom stereocenters. The second-order valence-corrected chi connectivity index (χ2v) is 6.31. The summed E-state index contributed by atoms with van der Waals surface area (Å²) in [7, 11) is 0. The lowest BCUT2D eigenvalue weighted by atomic mass is 10.0. The minimum absolute atomic E-state index is 0.113. The first-order chi connectivity index (χ1) is 12.2. The van der Waals surface area contributed by atoms with Crippen molar-refractivity contribution in [3.8, 4) is 0 Å². The average Bonchev–Trinajstić information content (AvgIpc) is 3.07. The van der Waals surface area contributed by atoms with Gasteiger partial charge in [0.2, 0.25) is 5.65 Å². The third-order valence-corrected chi connectivity index (χ3v) is 4.47. The smallest absolute Gasteiger partial charge is 0.299 e. The lowest BCUT2D eigenvalue weighted by Crippen LogP contribution is -2.44. The van der Waals surface area contributed by atoms with E-state index in [1.54, 1.807) is 18.3 Å². The average molecular weight is 358 g/mol. The number of aromatic nitrogens is 3. The van der Waals surface area contributed by atoms with E-state index in [1.165, 1.54) is 6.20 Å². The van der Waals surface area contributed by atoms with Gasteiger partial charge in [0.1, 0.15) is 5.15 Å². The lowest BCUT2D eigenvalue weighted by Gasteiger charge is -2.31. The summed E-state index contributed by atoms with van der Waals surface area (Å²) in [6.07, 6.45) is 4.82. The molecular formula is C17H16ClN5O2. The number of rotatable bonds is 3. The van der Waals surface area contributed by atoms with Crippen molar-refractivity contribution in [2.24, 2.45) is 0 Å². The summed E-state index contributed by atoms with van der Waals surface area (Å²) in [5, 5.41) is 3.41. The zero-order valence-electron chi connectivity index (χ0n) is 13.4. The molecule has 0 aromatic carbocycles. The van der Waals surface area contributed by atoms with E-state index in [2.05, 4.69) is 25.2 Å². The highest BCUT2D eigenvalue weighted by Crippen LogP contribution is 2.23. The summed E-state index contributed by atoms with van der Waals surface area (Å²) in [6.45, 7) is 1.52. The molecule has 3 aromatic heterocycles. The number of anilines is 1. The zero-order valence-corrected chi connectivity index (χ0v) is 14.1. The maximum Gasteiger partial charge on any atom is 0.299 e. The van der Waals surface area contributed by atoms with E-state index in [9.17, 15) is 4.79 Å². The van der Waals surface area contributed by atoms with Crippen LogP contribution >= 0.6 is 11.6 Å². The van der Waals surface area contributed by atoms with Gasteiger partial charge in [-0.05, 0) is 37.1 Å². The number of pyridine rings is 2. The van der Waals surface area contributed by atoms with Crippen LogP contribution in [0.2, 0.25) is 5.15 Å². The van der Waals surface area contributed by atoms with Crippen LogP contribution < -0.4 is 10.2 Å². The first-order valence-corrected chi connectivity index (χ1v) is 8.46. The van der Waals surface area contributed by atoms with Crippen molar-refractivity contribution < 1.29 is 9.21 Å².